The Balaban J connectivity index is 1.78. The molecular weight excluding hydrogens is 373 g/mol. The van der Waals surface area contributed by atoms with Gasteiger partial charge in [0.2, 0.25) is 0 Å². The molecule has 0 saturated carbocycles. The van der Waals surface area contributed by atoms with Gasteiger partial charge in [-0.2, -0.15) is 5.10 Å². The molecule has 122 valence electrons. The molecule has 0 aliphatic carbocycles. The maximum Gasteiger partial charge on any atom is 0.255 e. The highest BCUT2D eigenvalue weighted by Crippen LogP contribution is 2.17. The zero-order valence-electron chi connectivity index (χ0n) is 13.0. The van der Waals surface area contributed by atoms with Gasteiger partial charge in [0.05, 0.1) is 17.5 Å². The van der Waals surface area contributed by atoms with Crippen molar-refractivity contribution >= 4 is 21.8 Å². The van der Waals surface area contributed by atoms with Crippen LogP contribution in [0.2, 0.25) is 0 Å². The maximum absolute atomic E-state index is 13.9. The van der Waals surface area contributed by atoms with E-state index >= 15 is 0 Å². The van der Waals surface area contributed by atoms with Gasteiger partial charge in [-0.1, -0.05) is 40.2 Å². The second-order valence-electron chi connectivity index (χ2n) is 5.32. The number of hydrogen-bond donors (Lipinski definition) is 1. The molecule has 2 aromatic carbocycles. The summed E-state index contributed by atoms with van der Waals surface area (Å²) in [6, 6.07) is 14.0. The number of rotatable bonds is 4. The zero-order chi connectivity index (χ0) is 17.1. The number of nitrogens with one attached hydrogen (secondary N) is 1. The lowest BCUT2D eigenvalue weighted by Crippen LogP contribution is -2.23. The van der Waals surface area contributed by atoms with E-state index in [1.165, 1.54) is 16.9 Å². The number of para-hydroxylation sites is 1. The predicted octanol–water partition coefficient (Wildman–Crippen LogP) is 4.01. The van der Waals surface area contributed by atoms with Crippen LogP contribution in [0.5, 0.6) is 0 Å². The first kappa shape index (κ1) is 16.4. The molecule has 0 fully saturated rings. The summed E-state index contributed by atoms with van der Waals surface area (Å²) in [5.41, 5.74) is 2.32. The summed E-state index contributed by atoms with van der Waals surface area (Å²) in [7, 11) is 0. The summed E-state index contributed by atoms with van der Waals surface area (Å²) >= 11 is 3.40. The third-order valence-electron chi connectivity index (χ3n) is 3.68. The van der Waals surface area contributed by atoms with Gasteiger partial charge in [0.1, 0.15) is 11.5 Å². The Labute approximate surface area is 147 Å². The Hall–Kier alpha value is -2.47. The van der Waals surface area contributed by atoms with E-state index in [9.17, 15) is 9.18 Å². The van der Waals surface area contributed by atoms with Crippen molar-refractivity contribution in [3.63, 3.8) is 0 Å². The van der Waals surface area contributed by atoms with E-state index in [0.29, 0.717) is 23.5 Å². The van der Waals surface area contributed by atoms with E-state index in [-0.39, 0.29) is 11.7 Å². The lowest BCUT2D eigenvalue weighted by Gasteiger charge is -2.07. The Kier molecular flexibility index (Phi) is 4.76. The largest absolute Gasteiger partial charge is 0.348 e. The lowest BCUT2D eigenvalue weighted by molar-refractivity contribution is 0.0950. The fourth-order valence-electron chi connectivity index (χ4n) is 2.42. The van der Waals surface area contributed by atoms with Gasteiger partial charge in [-0.05, 0) is 36.8 Å². The topological polar surface area (TPSA) is 46.9 Å². The highest BCUT2D eigenvalue weighted by molar-refractivity contribution is 9.10. The van der Waals surface area contributed by atoms with E-state index in [2.05, 4.69) is 26.3 Å². The molecule has 0 aliphatic rings. The smallest absolute Gasteiger partial charge is 0.255 e. The number of hydrogen-bond acceptors (Lipinski definition) is 2. The quantitative estimate of drug-likeness (QED) is 0.734. The van der Waals surface area contributed by atoms with Crippen molar-refractivity contribution in [3.05, 3.63) is 81.8 Å². The number of aromatic nitrogens is 2. The molecule has 1 aromatic heterocycles. The Morgan fingerprint density at radius 3 is 2.79 bits per heavy atom. The number of benzene rings is 2. The molecule has 6 heteroatoms. The maximum atomic E-state index is 13.9. The average molecular weight is 388 g/mol. The van der Waals surface area contributed by atoms with Crippen LogP contribution in [0.25, 0.3) is 5.69 Å². The van der Waals surface area contributed by atoms with E-state index in [4.69, 9.17) is 0 Å². The van der Waals surface area contributed by atoms with Gasteiger partial charge >= 0.3 is 0 Å². The SMILES string of the molecule is Cc1c(C(=O)NCc2cccc(Br)c2)cnn1-c1ccccc1F. The summed E-state index contributed by atoms with van der Waals surface area (Å²) in [6.07, 6.45) is 1.46. The van der Waals surface area contributed by atoms with Crippen molar-refractivity contribution in [1.82, 2.24) is 15.1 Å². The van der Waals surface area contributed by atoms with Crippen molar-refractivity contribution in [1.29, 1.82) is 0 Å². The highest BCUT2D eigenvalue weighted by atomic mass is 79.9. The molecule has 0 unspecified atom stereocenters. The van der Waals surface area contributed by atoms with Crippen LogP contribution in [0.1, 0.15) is 21.6 Å². The monoisotopic (exact) mass is 387 g/mol. The lowest BCUT2D eigenvalue weighted by atomic mass is 10.2. The van der Waals surface area contributed by atoms with Gasteiger partial charge in [-0.25, -0.2) is 9.07 Å². The van der Waals surface area contributed by atoms with Crippen molar-refractivity contribution in [3.8, 4) is 5.69 Å². The van der Waals surface area contributed by atoms with Crippen LogP contribution in [0.15, 0.2) is 59.2 Å². The molecule has 1 heterocycles. The fourth-order valence-corrected chi connectivity index (χ4v) is 2.87. The van der Waals surface area contributed by atoms with Gasteiger partial charge in [0.25, 0.3) is 5.91 Å². The minimum Gasteiger partial charge on any atom is -0.348 e. The first-order chi connectivity index (χ1) is 11.6. The van der Waals surface area contributed by atoms with Crippen LogP contribution < -0.4 is 5.32 Å². The zero-order valence-corrected chi connectivity index (χ0v) is 14.5. The van der Waals surface area contributed by atoms with Crippen molar-refractivity contribution in [2.24, 2.45) is 0 Å². The van der Waals surface area contributed by atoms with Crippen LogP contribution in [0, 0.1) is 12.7 Å². The molecule has 3 rings (SSSR count). The molecule has 0 radical (unpaired) electrons. The Bertz CT molecular complexity index is 891. The molecule has 0 bridgehead atoms. The van der Waals surface area contributed by atoms with Gasteiger partial charge in [0.15, 0.2) is 0 Å². The number of halogens is 2. The number of carbonyl (C=O) groups excluding carboxylic acids is 1. The molecule has 4 nitrogen and oxygen atoms in total. The van der Waals surface area contributed by atoms with Crippen LogP contribution in [-0.2, 0) is 6.54 Å². The van der Waals surface area contributed by atoms with E-state index in [1.807, 2.05) is 24.3 Å². The molecule has 1 amide bonds. The van der Waals surface area contributed by atoms with Crippen LogP contribution in [0.3, 0.4) is 0 Å². The van der Waals surface area contributed by atoms with Crippen molar-refractivity contribution < 1.29 is 9.18 Å². The van der Waals surface area contributed by atoms with Crippen LogP contribution in [0.4, 0.5) is 4.39 Å². The van der Waals surface area contributed by atoms with Crippen LogP contribution >= 0.6 is 15.9 Å². The summed E-state index contributed by atoms with van der Waals surface area (Å²) < 4.78 is 16.3. The summed E-state index contributed by atoms with van der Waals surface area (Å²) in [4.78, 5) is 12.4. The summed E-state index contributed by atoms with van der Waals surface area (Å²) in [5.74, 6) is -0.625. The van der Waals surface area contributed by atoms with E-state index in [1.54, 1.807) is 25.1 Å². The first-order valence-electron chi connectivity index (χ1n) is 7.38. The standard InChI is InChI=1S/C18H15BrFN3O/c1-12-15(11-22-23(12)17-8-3-2-7-16(17)20)18(24)21-10-13-5-4-6-14(19)9-13/h2-9,11H,10H2,1H3,(H,21,24). The average Bonchev–Trinajstić information content (AvgIpc) is 2.95. The van der Waals surface area contributed by atoms with Crippen molar-refractivity contribution in [2.45, 2.75) is 13.5 Å². The molecule has 0 saturated heterocycles. The minimum absolute atomic E-state index is 0.241. The molecule has 1 N–H and O–H groups in total. The molecule has 0 aliphatic heterocycles. The first-order valence-corrected chi connectivity index (χ1v) is 8.17. The van der Waals surface area contributed by atoms with Crippen molar-refractivity contribution in [2.75, 3.05) is 0 Å². The molecular formula is C18H15BrFN3O. The van der Waals surface area contributed by atoms with Gasteiger partial charge in [-0.3, -0.25) is 4.79 Å². The Morgan fingerprint density at radius 1 is 1.25 bits per heavy atom. The van der Waals surface area contributed by atoms with E-state index < -0.39 is 0 Å². The third-order valence-corrected chi connectivity index (χ3v) is 4.17. The van der Waals surface area contributed by atoms with E-state index in [0.717, 1.165) is 10.0 Å². The molecule has 24 heavy (non-hydrogen) atoms. The molecule has 3 aromatic rings. The second-order valence-corrected chi connectivity index (χ2v) is 6.24. The van der Waals surface area contributed by atoms with Gasteiger partial charge < -0.3 is 5.32 Å². The minimum atomic E-state index is -0.384. The summed E-state index contributed by atoms with van der Waals surface area (Å²) in [5, 5.41) is 7.00. The molecule has 0 spiro atoms. The normalized spacial score (nSPS) is 10.6. The van der Waals surface area contributed by atoms with Gasteiger partial charge in [-0.15, -0.1) is 0 Å². The predicted molar refractivity (Wildman–Crippen MR) is 93.6 cm³/mol. The van der Waals surface area contributed by atoms with Crippen LogP contribution in [-0.4, -0.2) is 15.7 Å². The third kappa shape index (κ3) is 3.38. The Morgan fingerprint density at radius 2 is 2.04 bits per heavy atom. The fraction of sp³-hybridized carbons (Fsp3) is 0.111. The number of nitrogens with zero attached hydrogens (tertiary/aromatic N) is 2. The highest BCUT2D eigenvalue weighted by Gasteiger charge is 2.16. The second kappa shape index (κ2) is 6.97. The molecule has 0 atom stereocenters. The number of carbonyl (C=O) groups is 1. The van der Waals surface area contributed by atoms with Gasteiger partial charge in [0, 0.05) is 11.0 Å². The summed E-state index contributed by atoms with van der Waals surface area (Å²) in [6.45, 7) is 2.15. The number of amides is 1.